The predicted octanol–water partition coefficient (Wildman–Crippen LogP) is 1.75. The van der Waals surface area contributed by atoms with Crippen LogP contribution in [0.1, 0.15) is 10.7 Å². The first-order valence-electron chi connectivity index (χ1n) is 5.70. The average molecular weight is 325 g/mol. The Hall–Kier alpha value is -2.26. The van der Waals surface area contributed by atoms with E-state index in [0.717, 1.165) is 17.4 Å². The van der Waals surface area contributed by atoms with Gasteiger partial charge in [-0.3, -0.25) is 4.72 Å². The number of carboxylic acid groups (broad SMARTS) is 1. The van der Waals surface area contributed by atoms with E-state index in [-0.39, 0.29) is 10.0 Å². The molecule has 2 heterocycles. The van der Waals surface area contributed by atoms with Gasteiger partial charge in [-0.15, -0.1) is 11.3 Å². The van der Waals surface area contributed by atoms with Crippen LogP contribution in [-0.4, -0.2) is 29.5 Å². The number of anilines is 1. The van der Waals surface area contributed by atoms with Crippen LogP contribution >= 0.6 is 11.3 Å². The number of hydrogen-bond donors (Lipinski definition) is 2. The molecule has 0 fully saturated rings. The number of carboxylic acids is 1. The standard InChI is InChI=1S/C12H11N3O4S2/c1-8-13-7-12(20-8)21(18,19)15-10-4-2-3-9(14-10)5-6-11(16)17/h2-7H,1H3,(H,14,15)(H,16,17)/b6-5+. The van der Waals surface area contributed by atoms with Gasteiger partial charge in [0.15, 0.2) is 4.21 Å². The molecule has 0 bridgehead atoms. The van der Waals surface area contributed by atoms with Gasteiger partial charge in [0.05, 0.1) is 16.9 Å². The highest BCUT2D eigenvalue weighted by molar-refractivity contribution is 7.94. The number of carbonyl (C=O) groups is 1. The van der Waals surface area contributed by atoms with E-state index in [0.29, 0.717) is 10.7 Å². The van der Waals surface area contributed by atoms with Crippen LogP contribution in [0.2, 0.25) is 0 Å². The monoisotopic (exact) mass is 325 g/mol. The van der Waals surface area contributed by atoms with Crippen molar-refractivity contribution in [3.05, 3.63) is 41.2 Å². The van der Waals surface area contributed by atoms with Gasteiger partial charge >= 0.3 is 5.97 Å². The second kappa shape index (κ2) is 6.02. The minimum atomic E-state index is -3.74. The first kappa shape index (κ1) is 15.1. The lowest BCUT2D eigenvalue weighted by atomic mass is 10.3. The zero-order chi connectivity index (χ0) is 15.5. The molecular weight excluding hydrogens is 314 g/mol. The minimum absolute atomic E-state index is 0.0910. The summed E-state index contributed by atoms with van der Waals surface area (Å²) < 4.78 is 26.6. The Kier molecular flexibility index (Phi) is 4.34. The van der Waals surface area contributed by atoms with Crippen molar-refractivity contribution in [3.8, 4) is 0 Å². The summed E-state index contributed by atoms with van der Waals surface area (Å²) in [6.45, 7) is 1.71. The SMILES string of the molecule is Cc1ncc(S(=O)(=O)Nc2cccc(/C=C/C(=O)O)n2)s1. The molecule has 9 heteroatoms. The Balaban J connectivity index is 2.23. The molecule has 0 aliphatic heterocycles. The number of nitrogens with zero attached hydrogens (tertiary/aromatic N) is 2. The number of aromatic nitrogens is 2. The summed E-state index contributed by atoms with van der Waals surface area (Å²) in [5.74, 6) is -1.00. The summed E-state index contributed by atoms with van der Waals surface area (Å²) in [5, 5.41) is 9.19. The fraction of sp³-hybridized carbons (Fsp3) is 0.0833. The lowest BCUT2D eigenvalue weighted by molar-refractivity contribution is -0.131. The van der Waals surface area contributed by atoms with Crippen LogP contribution in [0.4, 0.5) is 5.82 Å². The van der Waals surface area contributed by atoms with Crippen molar-refractivity contribution in [3.63, 3.8) is 0 Å². The van der Waals surface area contributed by atoms with E-state index in [1.807, 2.05) is 0 Å². The molecule has 0 aliphatic carbocycles. The van der Waals surface area contributed by atoms with E-state index in [4.69, 9.17) is 5.11 Å². The van der Waals surface area contributed by atoms with E-state index in [2.05, 4.69) is 14.7 Å². The third kappa shape index (κ3) is 4.10. The van der Waals surface area contributed by atoms with Crippen molar-refractivity contribution in [1.29, 1.82) is 0 Å². The second-order valence-corrected chi connectivity index (χ2v) is 7.07. The fourth-order valence-electron chi connectivity index (χ4n) is 1.41. The molecule has 2 N–H and O–H groups in total. The number of hydrogen-bond acceptors (Lipinski definition) is 6. The van der Waals surface area contributed by atoms with Crippen LogP contribution in [0, 0.1) is 6.92 Å². The third-order valence-corrected chi connectivity index (χ3v) is 5.00. The molecule has 0 unspecified atom stereocenters. The van der Waals surface area contributed by atoms with Crippen molar-refractivity contribution in [2.75, 3.05) is 4.72 Å². The maximum Gasteiger partial charge on any atom is 0.328 e. The van der Waals surface area contributed by atoms with Gasteiger partial charge in [0.25, 0.3) is 10.0 Å². The number of rotatable bonds is 5. The summed E-state index contributed by atoms with van der Waals surface area (Å²) >= 11 is 1.05. The summed E-state index contributed by atoms with van der Waals surface area (Å²) in [5.41, 5.74) is 0.332. The highest BCUT2D eigenvalue weighted by Gasteiger charge is 2.17. The van der Waals surface area contributed by atoms with Crippen LogP contribution in [0.25, 0.3) is 6.08 Å². The first-order valence-corrected chi connectivity index (χ1v) is 8.00. The van der Waals surface area contributed by atoms with Crippen LogP contribution in [0.5, 0.6) is 0 Å². The van der Waals surface area contributed by atoms with Crippen molar-refractivity contribution < 1.29 is 18.3 Å². The molecule has 0 atom stereocenters. The number of nitrogens with one attached hydrogen (secondary N) is 1. The molecule has 7 nitrogen and oxygen atoms in total. The quantitative estimate of drug-likeness (QED) is 0.811. The first-order chi connectivity index (χ1) is 9.87. The molecule has 2 aromatic rings. The second-order valence-electron chi connectivity index (χ2n) is 3.92. The normalized spacial score (nSPS) is 11.7. The van der Waals surface area contributed by atoms with E-state index in [1.165, 1.54) is 18.3 Å². The highest BCUT2D eigenvalue weighted by Crippen LogP contribution is 2.20. The fourth-order valence-corrected chi connectivity index (χ4v) is 3.52. The van der Waals surface area contributed by atoms with Gasteiger partial charge < -0.3 is 5.11 Å². The molecule has 0 aliphatic rings. The minimum Gasteiger partial charge on any atom is -0.478 e. The molecule has 21 heavy (non-hydrogen) atoms. The topological polar surface area (TPSA) is 109 Å². The van der Waals surface area contributed by atoms with Crippen molar-refractivity contribution in [1.82, 2.24) is 9.97 Å². The number of aryl methyl sites for hydroxylation is 1. The average Bonchev–Trinajstić information content (AvgIpc) is 2.84. The van der Waals surface area contributed by atoms with Crippen LogP contribution in [0.15, 0.2) is 34.7 Å². The van der Waals surface area contributed by atoms with Gasteiger partial charge in [0.1, 0.15) is 5.82 Å². The van der Waals surface area contributed by atoms with Gasteiger partial charge in [-0.05, 0) is 25.1 Å². The molecule has 0 saturated carbocycles. The van der Waals surface area contributed by atoms with Crippen LogP contribution in [0.3, 0.4) is 0 Å². The third-order valence-electron chi connectivity index (χ3n) is 2.27. The summed E-state index contributed by atoms with van der Waals surface area (Å²) in [4.78, 5) is 18.3. The molecule has 0 radical (unpaired) electrons. The van der Waals surface area contributed by atoms with Crippen LogP contribution in [-0.2, 0) is 14.8 Å². The van der Waals surface area contributed by atoms with Gasteiger partial charge in [0, 0.05) is 6.08 Å². The van der Waals surface area contributed by atoms with Gasteiger partial charge in [-0.25, -0.2) is 23.2 Å². The number of sulfonamides is 1. The molecule has 0 saturated heterocycles. The molecule has 0 aromatic carbocycles. The Bertz CT molecular complexity index is 796. The zero-order valence-corrected chi connectivity index (χ0v) is 12.5. The number of pyridine rings is 1. The predicted molar refractivity (Wildman–Crippen MR) is 78.6 cm³/mol. The van der Waals surface area contributed by atoms with Gasteiger partial charge in [-0.2, -0.15) is 0 Å². The number of thiazole rings is 1. The molecule has 0 amide bonds. The van der Waals surface area contributed by atoms with Gasteiger partial charge in [0.2, 0.25) is 0 Å². The zero-order valence-electron chi connectivity index (χ0n) is 10.8. The summed E-state index contributed by atoms with van der Waals surface area (Å²) in [6.07, 6.45) is 3.47. The molecule has 110 valence electrons. The molecule has 2 rings (SSSR count). The largest absolute Gasteiger partial charge is 0.478 e. The Morgan fingerprint density at radius 3 is 2.81 bits per heavy atom. The van der Waals surface area contributed by atoms with E-state index >= 15 is 0 Å². The lowest BCUT2D eigenvalue weighted by Crippen LogP contribution is -2.12. The van der Waals surface area contributed by atoms with Crippen molar-refractivity contribution in [2.24, 2.45) is 0 Å². The lowest BCUT2D eigenvalue weighted by Gasteiger charge is -2.05. The summed E-state index contributed by atoms with van der Waals surface area (Å²) in [7, 11) is -3.74. The van der Waals surface area contributed by atoms with Crippen molar-refractivity contribution in [2.45, 2.75) is 11.1 Å². The Labute approximate surface area is 125 Å². The smallest absolute Gasteiger partial charge is 0.328 e. The van der Waals surface area contributed by atoms with E-state index in [1.54, 1.807) is 19.1 Å². The molecule has 2 aromatic heterocycles. The molecular formula is C12H11N3O4S2. The van der Waals surface area contributed by atoms with E-state index < -0.39 is 16.0 Å². The Morgan fingerprint density at radius 1 is 1.43 bits per heavy atom. The number of aliphatic carboxylic acids is 1. The summed E-state index contributed by atoms with van der Waals surface area (Å²) in [6, 6.07) is 4.61. The maximum absolute atomic E-state index is 12.1. The van der Waals surface area contributed by atoms with Crippen LogP contribution < -0.4 is 4.72 Å². The molecule has 0 spiro atoms. The Morgan fingerprint density at radius 2 is 2.19 bits per heavy atom. The maximum atomic E-state index is 12.1. The van der Waals surface area contributed by atoms with Crippen molar-refractivity contribution >= 4 is 39.2 Å². The van der Waals surface area contributed by atoms with E-state index in [9.17, 15) is 13.2 Å². The highest BCUT2D eigenvalue weighted by atomic mass is 32.2. The van der Waals surface area contributed by atoms with Gasteiger partial charge in [-0.1, -0.05) is 6.07 Å².